The number of rotatable bonds is 6. The van der Waals surface area contributed by atoms with Crippen LogP contribution in [0.25, 0.3) is 0 Å². The third-order valence-electron chi connectivity index (χ3n) is 3.65. The van der Waals surface area contributed by atoms with Crippen LogP contribution < -0.4 is 5.32 Å². The number of hydrogen-bond acceptors (Lipinski definition) is 1. The second-order valence-electron chi connectivity index (χ2n) is 5.52. The van der Waals surface area contributed by atoms with Crippen molar-refractivity contribution >= 4 is 11.6 Å². The first-order chi connectivity index (χ1) is 10.1. The van der Waals surface area contributed by atoms with Gasteiger partial charge in [-0.25, -0.2) is 4.39 Å². The van der Waals surface area contributed by atoms with Crippen LogP contribution in [0, 0.1) is 18.7 Å². The fourth-order valence-electron chi connectivity index (χ4n) is 2.69. The molecule has 0 saturated carbocycles. The topological polar surface area (TPSA) is 12.0 Å². The average molecular weight is 306 g/mol. The Morgan fingerprint density at radius 3 is 2.57 bits per heavy atom. The highest BCUT2D eigenvalue weighted by atomic mass is 35.5. The van der Waals surface area contributed by atoms with Gasteiger partial charge < -0.3 is 5.32 Å². The van der Waals surface area contributed by atoms with E-state index in [1.54, 1.807) is 12.1 Å². The Bertz CT molecular complexity index is 577. The van der Waals surface area contributed by atoms with Crippen LogP contribution in [-0.4, -0.2) is 13.6 Å². The monoisotopic (exact) mass is 305 g/mol. The molecule has 0 amide bonds. The zero-order valence-electron chi connectivity index (χ0n) is 12.5. The van der Waals surface area contributed by atoms with Crippen LogP contribution in [-0.2, 0) is 12.8 Å². The van der Waals surface area contributed by atoms with Crippen molar-refractivity contribution in [3.63, 3.8) is 0 Å². The fourth-order valence-corrected chi connectivity index (χ4v) is 2.93. The van der Waals surface area contributed by atoms with E-state index in [0.29, 0.717) is 22.9 Å². The van der Waals surface area contributed by atoms with Crippen LogP contribution in [0.2, 0.25) is 5.02 Å². The van der Waals surface area contributed by atoms with E-state index in [1.165, 1.54) is 17.2 Å². The van der Waals surface area contributed by atoms with E-state index in [2.05, 4.69) is 36.5 Å². The second-order valence-corrected chi connectivity index (χ2v) is 5.93. The molecule has 0 spiro atoms. The van der Waals surface area contributed by atoms with Crippen LogP contribution >= 0.6 is 11.6 Å². The molecule has 0 radical (unpaired) electrons. The summed E-state index contributed by atoms with van der Waals surface area (Å²) in [5.41, 5.74) is 3.15. The Balaban J connectivity index is 2.16. The first-order valence-electron chi connectivity index (χ1n) is 7.23. The molecule has 1 nitrogen and oxygen atoms in total. The molecule has 0 heterocycles. The highest BCUT2D eigenvalue weighted by molar-refractivity contribution is 6.31. The highest BCUT2D eigenvalue weighted by Crippen LogP contribution is 2.24. The van der Waals surface area contributed by atoms with Crippen molar-refractivity contribution in [3.05, 3.63) is 70.0 Å². The molecule has 0 fully saturated rings. The molecule has 21 heavy (non-hydrogen) atoms. The smallest absolute Gasteiger partial charge is 0.127 e. The van der Waals surface area contributed by atoms with Gasteiger partial charge in [-0.3, -0.25) is 0 Å². The first kappa shape index (κ1) is 16.0. The standard InChI is InChI=1S/C18H21ClFN/c1-13-5-3-6-14(9-13)10-15(12-21-2)11-16-17(19)7-4-8-18(16)20/h3-9,15,21H,10-12H2,1-2H3. The van der Waals surface area contributed by atoms with E-state index in [9.17, 15) is 4.39 Å². The van der Waals surface area contributed by atoms with Crippen LogP contribution in [0.1, 0.15) is 16.7 Å². The lowest BCUT2D eigenvalue weighted by molar-refractivity contribution is 0.480. The molecular weight excluding hydrogens is 285 g/mol. The Hall–Kier alpha value is -1.38. The Morgan fingerprint density at radius 2 is 1.90 bits per heavy atom. The van der Waals surface area contributed by atoms with Crippen LogP contribution in [0.3, 0.4) is 0 Å². The summed E-state index contributed by atoms with van der Waals surface area (Å²) < 4.78 is 13.9. The molecule has 0 saturated heterocycles. The summed E-state index contributed by atoms with van der Waals surface area (Å²) in [6.07, 6.45) is 1.55. The maximum Gasteiger partial charge on any atom is 0.127 e. The van der Waals surface area contributed by atoms with E-state index in [4.69, 9.17) is 11.6 Å². The third-order valence-corrected chi connectivity index (χ3v) is 4.01. The number of hydrogen-bond donors (Lipinski definition) is 1. The van der Waals surface area contributed by atoms with Gasteiger partial charge in [0.05, 0.1) is 0 Å². The molecule has 0 aliphatic rings. The van der Waals surface area contributed by atoms with Gasteiger partial charge >= 0.3 is 0 Å². The van der Waals surface area contributed by atoms with Gasteiger partial charge in [0.1, 0.15) is 5.82 Å². The summed E-state index contributed by atoms with van der Waals surface area (Å²) in [4.78, 5) is 0. The Labute approximate surface area is 131 Å². The minimum absolute atomic E-state index is 0.215. The minimum atomic E-state index is -0.215. The SMILES string of the molecule is CNCC(Cc1cccc(C)c1)Cc1c(F)cccc1Cl. The van der Waals surface area contributed by atoms with Crippen molar-refractivity contribution in [2.75, 3.05) is 13.6 Å². The normalized spacial score (nSPS) is 12.4. The lowest BCUT2D eigenvalue weighted by Crippen LogP contribution is -2.23. The number of benzene rings is 2. The van der Waals surface area contributed by atoms with E-state index < -0.39 is 0 Å². The summed E-state index contributed by atoms with van der Waals surface area (Å²) >= 11 is 6.14. The van der Waals surface area contributed by atoms with Crippen molar-refractivity contribution < 1.29 is 4.39 Å². The van der Waals surface area contributed by atoms with Crippen LogP contribution in [0.15, 0.2) is 42.5 Å². The van der Waals surface area contributed by atoms with Gasteiger partial charge in [-0.1, -0.05) is 47.5 Å². The van der Waals surface area contributed by atoms with Crippen molar-refractivity contribution in [2.24, 2.45) is 5.92 Å². The molecule has 2 aromatic rings. The molecule has 2 rings (SSSR count). The predicted octanol–water partition coefficient (Wildman–Crippen LogP) is 4.41. The van der Waals surface area contributed by atoms with Gasteiger partial charge in [-0.05, 0) is 57.0 Å². The first-order valence-corrected chi connectivity index (χ1v) is 7.61. The molecular formula is C18H21ClFN. The molecule has 1 unspecified atom stereocenters. The Morgan fingerprint density at radius 1 is 1.14 bits per heavy atom. The quantitative estimate of drug-likeness (QED) is 0.833. The largest absolute Gasteiger partial charge is 0.319 e. The van der Waals surface area contributed by atoms with Crippen molar-refractivity contribution in [1.29, 1.82) is 0 Å². The molecule has 0 aromatic heterocycles. The molecule has 1 N–H and O–H groups in total. The summed E-state index contributed by atoms with van der Waals surface area (Å²) in [5.74, 6) is 0.0963. The molecule has 0 bridgehead atoms. The lowest BCUT2D eigenvalue weighted by Gasteiger charge is -2.18. The molecule has 2 aromatic carbocycles. The highest BCUT2D eigenvalue weighted by Gasteiger charge is 2.15. The summed E-state index contributed by atoms with van der Waals surface area (Å²) in [5, 5.41) is 3.71. The van der Waals surface area contributed by atoms with Gasteiger partial charge in [-0.2, -0.15) is 0 Å². The van der Waals surface area contributed by atoms with Gasteiger partial charge in [0.2, 0.25) is 0 Å². The molecule has 0 aliphatic carbocycles. The fraction of sp³-hybridized carbons (Fsp3) is 0.333. The average Bonchev–Trinajstić information content (AvgIpc) is 2.43. The molecule has 3 heteroatoms. The Kier molecular flexibility index (Phi) is 5.77. The van der Waals surface area contributed by atoms with Crippen molar-refractivity contribution in [2.45, 2.75) is 19.8 Å². The van der Waals surface area contributed by atoms with E-state index in [0.717, 1.165) is 13.0 Å². The van der Waals surface area contributed by atoms with Crippen LogP contribution in [0.4, 0.5) is 4.39 Å². The number of aryl methyl sites for hydroxylation is 1. The van der Waals surface area contributed by atoms with E-state index in [1.807, 2.05) is 7.05 Å². The summed E-state index contributed by atoms with van der Waals surface area (Å²) in [6, 6.07) is 13.3. The maximum atomic E-state index is 13.9. The van der Waals surface area contributed by atoms with Gasteiger partial charge in [0.15, 0.2) is 0 Å². The maximum absolute atomic E-state index is 13.9. The van der Waals surface area contributed by atoms with Gasteiger partial charge in [-0.15, -0.1) is 0 Å². The van der Waals surface area contributed by atoms with Gasteiger partial charge in [0, 0.05) is 10.6 Å². The molecule has 112 valence electrons. The lowest BCUT2D eigenvalue weighted by atomic mass is 9.91. The third kappa shape index (κ3) is 4.55. The summed E-state index contributed by atoms with van der Waals surface area (Å²) in [7, 11) is 1.92. The number of halogens is 2. The zero-order valence-corrected chi connectivity index (χ0v) is 13.3. The zero-order chi connectivity index (χ0) is 15.2. The number of nitrogens with one attached hydrogen (secondary N) is 1. The van der Waals surface area contributed by atoms with Crippen molar-refractivity contribution in [1.82, 2.24) is 5.32 Å². The van der Waals surface area contributed by atoms with Gasteiger partial charge in [0.25, 0.3) is 0 Å². The minimum Gasteiger partial charge on any atom is -0.319 e. The van der Waals surface area contributed by atoms with Crippen molar-refractivity contribution in [3.8, 4) is 0 Å². The summed E-state index contributed by atoms with van der Waals surface area (Å²) in [6.45, 7) is 2.92. The predicted molar refractivity (Wildman–Crippen MR) is 87.4 cm³/mol. The molecule has 0 aliphatic heterocycles. The van der Waals surface area contributed by atoms with Crippen LogP contribution in [0.5, 0.6) is 0 Å². The van der Waals surface area contributed by atoms with E-state index in [-0.39, 0.29) is 5.82 Å². The van der Waals surface area contributed by atoms with E-state index >= 15 is 0 Å². The molecule has 1 atom stereocenters. The second kappa shape index (κ2) is 7.58.